The molecule has 0 bridgehead atoms. The zero-order valence-corrected chi connectivity index (χ0v) is 31.2. The van der Waals surface area contributed by atoms with Crippen LogP contribution < -0.4 is 4.74 Å². The van der Waals surface area contributed by atoms with Crippen molar-refractivity contribution >= 4 is 54.1 Å². The molecule has 0 N–H and O–H groups in total. The van der Waals surface area contributed by atoms with Gasteiger partial charge in [0, 0.05) is 0 Å². The number of nitrogens with zero attached hydrogens (tertiary/aromatic N) is 2. The number of aryl methyl sites for hydroxylation is 1. The number of imidazole rings is 1. The van der Waals surface area contributed by atoms with E-state index in [9.17, 15) is 0 Å². The first kappa shape index (κ1) is 31.8. The van der Waals surface area contributed by atoms with Crippen molar-refractivity contribution in [3.05, 3.63) is 194 Å². The second-order valence-corrected chi connectivity index (χ2v) is 15.2. The predicted molar refractivity (Wildman–Crippen MR) is 238 cm³/mol. The molecule has 0 unspecified atom stereocenters. The predicted octanol–water partition coefficient (Wildman–Crippen LogP) is 14.7. The lowest BCUT2D eigenvalue weighted by Crippen LogP contribution is -2.05. The van der Waals surface area contributed by atoms with Crippen LogP contribution in [0.3, 0.4) is 0 Å². The number of benzene rings is 10. The minimum atomic E-state index is 0.836. The summed E-state index contributed by atoms with van der Waals surface area (Å²) in [5.41, 5.74) is 12.6. The van der Waals surface area contributed by atoms with Gasteiger partial charge < -0.3 is 4.74 Å². The molecule has 2 heterocycles. The molecule has 0 saturated heterocycles. The van der Waals surface area contributed by atoms with Crippen LogP contribution in [-0.4, -0.2) is 9.55 Å². The average Bonchev–Trinajstić information content (AvgIpc) is 3.61. The highest BCUT2D eigenvalue weighted by Crippen LogP contribution is 2.47. The Labute approximate surface area is 329 Å². The van der Waals surface area contributed by atoms with Gasteiger partial charge in [-0.2, -0.15) is 0 Å². The number of fused-ring (bicyclic) bond motifs is 6. The maximum atomic E-state index is 6.46. The molecule has 0 aliphatic carbocycles. The van der Waals surface area contributed by atoms with E-state index in [2.05, 4.69) is 181 Å². The van der Waals surface area contributed by atoms with Gasteiger partial charge in [-0.25, -0.2) is 4.98 Å². The first-order valence-electron chi connectivity index (χ1n) is 19.5. The highest BCUT2D eigenvalue weighted by atomic mass is 16.5. The van der Waals surface area contributed by atoms with Crippen LogP contribution in [0, 0.1) is 6.92 Å². The monoisotopic (exact) mass is 726 g/mol. The summed E-state index contributed by atoms with van der Waals surface area (Å²) in [6, 6.07) is 68.5. The van der Waals surface area contributed by atoms with E-state index in [-0.39, 0.29) is 0 Å². The highest BCUT2D eigenvalue weighted by molar-refractivity contribution is 6.22. The van der Waals surface area contributed by atoms with Crippen LogP contribution in [0.25, 0.3) is 104 Å². The minimum absolute atomic E-state index is 0.836. The SMILES string of the molecule is Cc1nc2cccc3c2n1-c1ccc(-c2ccc(-c4ccc5c(-c6ccc7ccccc7c6)c6ccccc6c(-c6ccc7ccccc7c6)c5c4)cc2)cc1O3. The topological polar surface area (TPSA) is 27.1 Å². The summed E-state index contributed by atoms with van der Waals surface area (Å²) < 4.78 is 8.67. The molecule has 10 aromatic carbocycles. The minimum Gasteiger partial charge on any atom is -0.453 e. The number of hydrogen-bond donors (Lipinski definition) is 0. The third-order valence-corrected chi connectivity index (χ3v) is 11.9. The molecule has 1 aliphatic heterocycles. The van der Waals surface area contributed by atoms with Crippen molar-refractivity contribution in [2.24, 2.45) is 0 Å². The molecule has 0 saturated carbocycles. The molecule has 0 spiro atoms. The smallest absolute Gasteiger partial charge is 0.153 e. The van der Waals surface area contributed by atoms with Gasteiger partial charge in [-0.05, 0) is 137 Å². The molecular weight excluding hydrogens is 693 g/mol. The standard InChI is InChI=1S/C54H34N2O/c1-33-55-48-15-8-16-50-54(48)56(33)49-28-26-41(32-51(49)57-50)37-19-17-36(18-20-37)40-25-27-46-47(31-40)53(43-24-22-35-10-3-5-12-39(35)30-43)45-14-7-6-13-44(45)52(46)42-23-21-34-9-2-4-11-38(34)29-42/h2-32H,1H3. The molecule has 0 amide bonds. The van der Waals surface area contributed by atoms with Crippen molar-refractivity contribution in [2.75, 3.05) is 0 Å². The molecule has 12 rings (SSSR count). The second kappa shape index (κ2) is 12.3. The number of para-hydroxylation sites is 1. The molecule has 3 heteroatoms. The molecule has 1 aliphatic rings. The fourth-order valence-corrected chi connectivity index (χ4v) is 9.19. The summed E-state index contributed by atoms with van der Waals surface area (Å²) >= 11 is 0. The molecule has 0 atom stereocenters. The molecule has 0 radical (unpaired) electrons. The summed E-state index contributed by atoms with van der Waals surface area (Å²) in [7, 11) is 0. The Morgan fingerprint density at radius 3 is 1.58 bits per heavy atom. The maximum absolute atomic E-state index is 6.46. The maximum Gasteiger partial charge on any atom is 0.153 e. The Hall–Kier alpha value is -7.49. The quantitative estimate of drug-likeness (QED) is 0.169. The van der Waals surface area contributed by atoms with Crippen molar-refractivity contribution in [3.8, 4) is 61.7 Å². The van der Waals surface area contributed by atoms with Crippen LogP contribution in [0.15, 0.2) is 188 Å². The lowest BCUT2D eigenvalue weighted by Gasteiger charge is -2.21. The molecule has 3 nitrogen and oxygen atoms in total. The lowest BCUT2D eigenvalue weighted by molar-refractivity contribution is 0.475. The van der Waals surface area contributed by atoms with E-state index < -0.39 is 0 Å². The van der Waals surface area contributed by atoms with E-state index in [1.54, 1.807) is 0 Å². The van der Waals surface area contributed by atoms with Crippen molar-refractivity contribution in [3.63, 3.8) is 0 Å². The number of ether oxygens (including phenoxy) is 1. The van der Waals surface area contributed by atoms with Crippen LogP contribution in [-0.2, 0) is 0 Å². The summed E-state index contributed by atoms with van der Waals surface area (Å²) in [4.78, 5) is 4.78. The van der Waals surface area contributed by atoms with Crippen LogP contribution in [0.4, 0.5) is 0 Å². The van der Waals surface area contributed by atoms with Crippen molar-refractivity contribution < 1.29 is 4.74 Å². The van der Waals surface area contributed by atoms with Crippen molar-refractivity contribution in [1.29, 1.82) is 0 Å². The van der Waals surface area contributed by atoms with Gasteiger partial charge >= 0.3 is 0 Å². The molecule has 0 fully saturated rings. The van der Waals surface area contributed by atoms with E-state index in [0.717, 1.165) is 45.2 Å². The van der Waals surface area contributed by atoms with E-state index >= 15 is 0 Å². The third-order valence-electron chi connectivity index (χ3n) is 11.9. The van der Waals surface area contributed by atoms with Gasteiger partial charge in [0.2, 0.25) is 0 Å². The van der Waals surface area contributed by atoms with E-state index in [4.69, 9.17) is 9.72 Å². The van der Waals surface area contributed by atoms with Crippen LogP contribution in [0.1, 0.15) is 5.82 Å². The third kappa shape index (κ3) is 4.96. The fraction of sp³-hybridized carbons (Fsp3) is 0.0185. The summed E-state index contributed by atoms with van der Waals surface area (Å²) in [6.45, 7) is 2.05. The molecule has 266 valence electrons. The lowest BCUT2D eigenvalue weighted by atomic mass is 9.84. The number of hydrogen-bond acceptors (Lipinski definition) is 2. The van der Waals surface area contributed by atoms with Gasteiger partial charge in [0.1, 0.15) is 11.3 Å². The largest absolute Gasteiger partial charge is 0.453 e. The summed E-state index contributed by atoms with van der Waals surface area (Å²) in [6.07, 6.45) is 0. The van der Waals surface area contributed by atoms with Crippen LogP contribution >= 0.6 is 0 Å². The number of rotatable bonds is 4. The first-order valence-corrected chi connectivity index (χ1v) is 19.5. The Bertz CT molecular complexity index is 3450. The van der Waals surface area contributed by atoms with E-state index in [1.807, 2.05) is 18.2 Å². The van der Waals surface area contributed by atoms with Gasteiger partial charge in [0.25, 0.3) is 0 Å². The summed E-state index contributed by atoms with van der Waals surface area (Å²) in [5, 5.41) is 9.96. The number of aromatic nitrogens is 2. The van der Waals surface area contributed by atoms with Gasteiger partial charge in [-0.1, -0.05) is 146 Å². The van der Waals surface area contributed by atoms with Gasteiger partial charge in [0.15, 0.2) is 11.5 Å². The molecular formula is C54H34N2O. The van der Waals surface area contributed by atoms with Gasteiger partial charge in [0.05, 0.1) is 11.2 Å². The Morgan fingerprint density at radius 1 is 0.386 bits per heavy atom. The summed E-state index contributed by atoms with van der Waals surface area (Å²) in [5.74, 6) is 2.63. The van der Waals surface area contributed by atoms with E-state index in [0.29, 0.717) is 0 Å². The zero-order valence-electron chi connectivity index (χ0n) is 31.2. The molecule has 1 aromatic heterocycles. The molecule has 57 heavy (non-hydrogen) atoms. The average molecular weight is 727 g/mol. The van der Waals surface area contributed by atoms with E-state index in [1.165, 1.54) is 76.5 Å². The normalized spacial score (nSPS) is 12.1. The van der Waals surface area contributed by atoms with Gasteiger partial charge in [-0.15, -0.1) is 0 Å². The van der Waals surface area contributed by atoms with Crippen molar-refractivity contribution in [1.82, 2.24) is 9.55 Å². The highest BCUT2D eigenvalue weighted by Gasteiger charge is 2.23. The molecule has 11 aromatic rings. The zero-order chi connectivity index (χ0) is 37.6. The Balaban J connectivity index is 1.01. The second-order valence-electron chi connectivity index (χ2n) is 15.2. The Morgan fingerprint density at radius 2 is 0.912 bits per heavy atom. The first-order chi connectivity index (χ1) is 28.1. The fourth-order valence-electron chi connectivity index (χ4n) is 9.19. The van der Waals surface area contributed by atoms with Crippen LogP contribution in [0.5, 0.6) is 11.5 Å². The van der Waals surface area contributed by atoms with Gasteiger partial charge in [-0.3, -0.25) is 4.57 Å². The Kier molecular flexibility index (Phi) is 6.84. The van der Waals surface area contributed by atoms with Crippen LogP contribution in [0.2, 0.25) is 0 Å². The van der Waals surface area contributed by atoms with Crippen molar-refractivity contribution in [2.45, 2.75) is 6.92 Å².